The van der Waals surface area contributed by atoms with Crippen molar-refractivity contribution in [3.8, 4) is 11.3 Å². The third-order valence-electron chi connectivity index (χ3n) is 4.97. The summed E-state index contributed by atoms with van der Waals surface area (Å²) >= 11 is 7.53. The van der Waals surface area contributed by atoms with E-state index in [9.17, 15) is 9.59 Å². The summed E-state index contributed by atoms with van der Waals surface area (Å²) in [5, 5.41) is 4.44. The quantitative estimate of drug-likeness (QED) is 0.404. The van der Waals surface area contributed by atoms with Gasteiger partial charge in [0.2, 0.25) is 0 Å². The fourth-order valence-electron chi connectivity index (χ4n) is 3.28. The second-order valence-electron chi connectivity index (χ2n) is 6.89. The summed E-state index contributed by atoms with van der Waals surface area (Å²) in [5.41, 5.74) is 3.56. The molecule has 156 valence electrons. The molecule has 3 aromatic heterocycles. The minimum absolute atomic E-state index is 0.363. The highest BCUT2D eigenvalue weighted by Gasteiger charge is 2.23. The number of aryl methyl sites for hydroxylation is 1. The zero-order valence-electron chi connectivity index (χ0n) is 17.0. The number of carbonyl (C=O) groups excluding carboxylic acids is 2. The van der Waals surface area contributed by atoms with E-state index in [1.165, 1.54) is 18.4 Å². The number of ether oxygens (including phenoxy) is 1. The summed E-state index contributed by atoms with van der Waals surface area (Å²) in [6.07, 6.45) is 3.36. The lowest BCUT2D eigenvalue weighted by Gasteiger charge is -2.11. The number of amides is 1. The smallest absolute Gasteiger partial charge is 0.341 e. The second kappa shape index (κ2) is 8.45. The SMILES string of the molecule is COC(=O)c1c(NC(=O)c2cc(-c3cccnc3)nc3ccc(Cl)cc23)sc(C)c1C. The van der Waals surface area contributed by atoms with Gasteiger partial charge in [0.25, 0.3) is 5.91 Å². The van der Waals surface area contributed by atoms with E-state index in [0.29, 0.717) is 37.7 Å². The van der Waals surface area contributed by atoms with Crippen LogP contribution in [0, 0.1) is 13.8 Å². The molecule has 6 nitrogen and oxygen atoms in total. The van der Waals surface area contributed by atoms with E-state index in [-0.39, 0.29) is 5.91 Å². The molecule has 0 aliphatic heterocycles. The number of nitrogens with one attached hydrogen (secondary N) is 1. The number of thiophene rings is 1. The van der Waals surface area contributed by atoms with Gasteiger partial charge in [0.1, 0.15) is 5.00 Å². The summed E-state index contributed by atoms with van der Waals surface area (Å²) in [4.78, 5) is 35.4. The minimum atomic E-state index is -0.490. The van der Waals surface area contributed by atoms with Crippen LogP contribution in [0.15, 0.2) is 48.8 Å². The summed E-state index contributed by atoms with van der Waals surface area (Å²) < 4.78 is 4.90. The number of rotatable bonds is 4. The van der Waals surface area contributed by atoms with Gasteiger partial charge in [-0.05, 0) is 55.8 Å². The molecule has 1 N–H and O–H groups in total. The maximum Gasteiger partial charge on any atom is 0.341 e. The fourth-order valence-corrected chi connectivity index (χ4v) is 4.50. The molecule has 31 heavy (non-hydrogen) atoms. The topological polar surface area (TPSA) is 81.2 Å². The Bertz CT molecular complexity index is 1320. The molecule has 4 rings (SSSR count). The average Bonchev–Trinajstić information content (AvgIpc) is 3.05. The van der Waals surface area contributed by atoms with Gasteiger partial charge in [-0.25, -0.2) is 9.78 Å². The maximum absolute atomic E-state index is 13.4. The number of hydrogen-bond acceptors (Lipinski definition) is 6. The van der Waals surface area contributed by atoms with Crippen molar-refractivity contribution in [2.75, 3.05) is 12.4 Å². The molecule has 0 fully saturated rings. The molecule has 0 aliphatic rings. The summed E-state index contributed by atoms with van der Waals surface area (Å²) in [6, 6.07) is 10.6. The van der Waals surface area contributed by atoms with Crippen LogP contribution >= 0.6 is 22.9 Å². The van der Waals surface area contributed by atoms with Crippen LogP contribution in [0.4, 0.5) is 5.00 Å². The van der Waals surface area contributed by atoms with Crippen LogP contribution in [-0.2, 0) is 4.74 Å². The van der Waals surface area contributed by atoms with Crippen molar-refractivity contribution in [1.29, 1.82) is 0 Å². The van der Waals surface area contributed by atoms with Gasteiger partial charge in [0.05, 0.1) is 29.4 Å². The van der Waals surface area contributed by atoms with Crippen LogP contribution in [0.25, 0.3) is 22.2 Å². The highest BCUT2D eigenvalue weighted by molar-refractivity contribution is 7.16. The molecule has 0 saturated heterocycles. The molecule has 0 unspecified atom stereocenters. The predicted molar refractivity (Wildman–Crippen MR) is 123 cm³/mol. The molecule has 4 aromatic rings. The van der Waals surface area contributed by atoms with Crippen LogP contribution in [0.5, 0.6) is 0 Å². The molecule has 0 bridgehead atoms. The molecule has 8 heteroatoms. The molecule has 3 heterocycles. The Labute approximate surface area is 187 Å². The van der Waals surface area contributed by atoms with Gasteiger partial charge in [-0.15, -0.1) is 11.3 Å². The van der Waals surface area contributed by atoms with E-state index in [1.54, 1.807) is 36.7 Å². The van der Waals surface area contributed by atoms with Crippen molar-refractivity contribution in [1.82, 2.24) is 9.97 Å². The second-order valence-corrected chi connectivity index (χ2v) is 8.55. The van der Waals surface area contributed by atoms with E-state index >= 15 is 0 Å². The Morgan fingerprint density at radius 1 is 1.16 bits per heavy atom. The van der Waals surface area contributed by atoms with Crippen molar-refractivity contribution in [3.05, 3.63) is 75.4 Å². The molecule has 0 spiro atoms. The van der Waals surface area contributed by atoms with Crippen LogP contribution in [0.1, 0.15) is 31.2 Å². The number of hydrogen-bond donors (Lipinski definition) is 1. The number of fused-ring (bicyclic) bond motifs is 1. The lowest BCUT2D eigenvalue weighted by Crippen LogP contribution is -2.15. The molecule has 1 amide bonds. The lowest BCUT2D eigenvalue weighted by molar-refractivity contribution is 0.0601. The zero-order chi connectivity index (χ0) is 22.1. The Kier molecular flexibility index (Phi) is 5.71. The third-order valence-corrected chi connectivity index (χ3v) is 6.33. The van der Waals surface area contributed by atoms with E-state index in [2.05, 4.69) is 15.3 Å². The van der Waals surface area contributed by atoms with Crippen molar-refractivity contribution in [2.45, 2.75) is 13.8 Å². The van der Waals surface area contributed by atoms with Crippen molar-refractivity contribution in [3.63, 3.8) is 0 Å². The van der Waals surface area contributed by atoms with Gasteiger partial charge in [-0.1, -0.05) is 11.6 Å². The van der Waals surface area contributed by atoms with E-state index < -0.39 is 5.97 Å². The standard InChI is InChI=1S/C23H18ClN3O3S/c1-12-13(2)31-22(20(12)23(29)30-3)27-21(28)17-10-19(14-5-4-8-25-11-14)26-18-7-6-15(24)9-16(17)18/h4-11H,1-3H3,(H,27,28). The molecular weight excluding hydrogens is 434 g/mol. The Balaban J connectivity index is 1.84. The number of methoxy groups -OCH3 is 1. The normalized spacial score (nSPS) is 10.8. The molecule has 1 aromatic carbocycles. The van der Waals surface area contributed by atoms with Gasteiger partial charge >= 0.3 is 5.97 Å². The zero-order valence-corrected chi connectivity index (χ0v) is 18.6. The number of halogens is 1. The molecule has 0 aliphatic carbocycles. The lowest BCUT2D eigenvalue weighted by atomic mass is 10.0. The molecular formula is C23H18ClN3O3S. The molecule has 0 radical (unpaired) electrons. The summed E-state index contributed by atoms with van der Waals surface area (Å²) in [5.74, 6) is -0.859. The number of carbonyl (C=O) groups is 2. The first-order chi connectivity index (χ1) is 14.9. The van der Waals surface area contributed by atoms with Crippen molar-refractivity contribution < 1.29 is 14.3 Å². The fraction of sp³-hybridized carbons (Fsp3) is 0.130. The number of esters is 1. The number of benzene rings is 1. The summed E-state index contributed by atoms with van der Waals surface area (Å²) in [6.45, 7) is 3.72. The molecule has 0 atom stereocenters. The van der Waals surface area contributed by atoms with Gasteiger partial charge in [0, 0.05) is 33.2 Å². The van der Waals surface area contributed by atoms with Crippen molar-refractivity contribution in [2.24, 2.45) is 0 Å². The van der Waals surface area contributed by atoms with Gasteiger partial charge in [0.15, 0.2) is 0 Å². The van der Waals surface area contributed by atoms with Crippen molar-refractivity contribution >= 4 is 50.7 Å². The predicted octanol–water partition coefficient (Wildman–Crippen LogP) is 5.67. The van der Waals surface area contributed by atoms with Crippen LogP contribution in [0.2, 0.25) is 5.02 Å². The minimum Gasteiger partial charge on any atom is -0.465 e. The largest absolute Gasteiger partial charge is 0.465 e. The van der Waals surface area contributed by atoms with Gasteiger partial charge < -0.3 is 10.1 Å². The number of aromatic nitrogens is 2. The number of nitrogens with zero attached hydrogens (tertiary/aromatic N) is 2. The molecule has 0 saturated carbocycles. The third kappa shape index (κ3) is 4.02. The Hall–Kier alpha value is -3.29. The highest BCUT2D eigenvalue weighted by atomic mass is 35.5. The van der Waals surface area contributed by atoms with Gasteiger partial charge in [-0.3, -0.25) is 9.78 Å². The van der Waals surface area contributed by atoms with E-state index in [4.69, 9.17) is 16.3 Å². The first-order valence-corrected chi connectivity index (χ1v) is 10.6. The highest BCUT2D eigenvalue weighted by Crippen LogP contribution is 2.34. The van der Waals surface area contributed by atoms with Crippen LogP contribution in [0.3, 0.4) is 0 Å². The first-order valence-electron chi connectivity index (χ1n) is 9.39. The maximum atomic E-state index is 13.4. The van der Waals surface area contributed by atoms with Crippen LogP contribution < -0.4 is 5.32 Å². The monoisotopic (exact) mass is 451 g/mol. The Morgan fingerprint density at radius 2 is 1.97 bits per heavy atom. The average molecular weight is 452 g/mol. The van der Waals surface area contributed by atoms with E-state index in [0.717, 1.165) is 16.0 Å². The number of anilines is 1. The van der Waals surface area contributed by atoms with Crippen LogP contribution in [-0.4, -0.2) is 29.0 Å². The Morgan fingerprint density at radius 3 is 2.68 bits per heavy atom. The first kappa shape index (κ1) is 21.0. The van der Waals surface area contributed by atoms with E-state index in [1.807, 2.05) is 26.0 Å². The van der Waals surface area contributed by atoms with Gasteiger partial charge in [-0.2, -0.15) is 0 Å². The summed E-state index contributed by atoms with van der Waals surface area (Å²) in [7, 11) is 1.32. The number of pyridine rings is 2.